The lowest BCUT2D eigenvalue weighted by Gasteiger charge is -2.21. The second-order valence-electron chi connectivity index (χ2n) is 4.46. The molecule has 5 heteroatoms. The van der Waals surface area contributed by atoms with Gasteiger partial charge in [0.25, 0.3) is 5.91 Å². The highest BCUT2D eigenvalue weighted by Crippen LogP contribution is 2.22. The molecular weight excluding hydrogens is 254 g/mol. The van der Waals surface area contributed by atoms with Crippen molar-refractivity contribution in [2.75, 3.05) is 6.54 Å². The van der Waals surface area contributed by atoms with Gasteiger partial charge in [-0.15, -0.1) is 0 Å². The molecule has 1 fully saturated rings. The van der Waals surface area contributed by atoms with Gasteiger partial charge < -0.3 is 10.0 Å². The number of rotatable bonds is 2. The minimum Gasteiger partial charge on any atom is -0.480 e. The summed E-state index contributed by atoms with van der Waals surface area (Å²) >= 11 is 5.91. The van der Waals surface area contributed by atoms with Crippen LogP contribution in [0.15, 0.2) is 18.2 Å². The van der Waals surface area contributed by atoms with Crippen LogP contribution >= 0.6 is 11.6 Å². The highest BCUT2D eigenvalue weighted by Gasteiger charge is 2.34. The third kappa shape index (κ3) is 2.34. The normalized spacial score (nSPS) is 19.0. The van der Waals surface area contributed by atoms with Crippen LogP contribution < -0.4 is 0 Å². The first kappa shape index (κ1) is 12.9. The zero-order chi connectivity index (χ0) is 13.3. The van der Waals surface area contributed by atoms with Crippen molar-refractivity contribution >= 4 is 23.5 Å². The maximum absolute atomic E-state index is 12.2. The molecule has 1 N–H and O–H groups in total. The third-order valence-corrected chi connectivity index (χ3v) is 3.63. The maximum atomic E-state index is 12.2. The Morgan fingerprint density at radius 3 is 2.78 bits per heavy atom. The molecular formula is C13H14ClNO3. The summed E-state index contributed by atoms with van der Waals surface area (Å²) in [5.41, 5.74) is 1.30. The summed E-state index contributed by atoms with van der Waals surface area (Å²) in [5.74, 6) is -1.17. The van der Waals surface area contributed by atoms with E-state index in [1.807, 2.05) is 6.92 Å². The first-order chi connectivity index (χ1) is 8.50. The first-order valence-electron chi connectivity index (χ1n) is 5.80. The van der Waals surface area contributed by atoms with Crippen LogP contribution in [0, 0.1) is 6.92 Å². The van der Waals surface area contributed by atoms with Crippen LogP contribution in [0.25, 0.3) is 0 Å². The van der Waals surface area contributed by atoms with Crippen molar-refractivity contribution in [2.24, 2.45) is 0 Å². The topological polar surface area (TPSA) is 57.6 Å². The summed E-state index contributed by atoms with van der Waals surface area (Å²) in [5, 5.41) is 9.66. The molecule has 1 atom stereocenters. The molecule has 4 nitrogen and oxygen atoms in total. The van der Waals surface area contributed by atoms with E-state index in [0.29, 0.717) is 23.6 Å². The number of benzene rings is 1. The number of carboxylic acids is 1. The number of carbonyl (C=O) groups excluding carboxylic acids is 1. The number of halogens is 1. The van der Waals surface area contributed by atoms with Gasteiger partial charge in [0, 0.05) is 17.1 Å². The van der Waals surface area contributed by atoms with Crippen LogP contribution in [-0.2, 0) is 4.79 Å². The van der Waals surface area contributed by atoms with E-state index in [0.717, 1.165) is 12.0 Å². The standard InChI is InChI=1S/C13H14ClNO3/c1-8-7-9(4-5-10(8)14)12(16)15-6-2-3-11(15)13(17)18/h4-5,7,11H,2-3,6H2,1H3,(H,17,18)/t11-/m1/s1. The zero-order valence-electron chi connectivity index (χ0n) is 10.0. The Morgan fingerprint density at radius 2 is 2.17 bits per heavy atom. The number of hydrogen-bond donors (Lipinski definition) is 1. The predicted octanol–water partition coefficient (Wildman–Crippen LogP) is 2.34. The molecule has 96 valence electrons. The van der Waals surface area contributed by atoms with Gasteiger partial charge >= 0.3 is 5.97 Å². The average molecular weight is 268 g/mol. The van der Waals surface area contributed by atoms with E-state index in [2.05, 4.69) is 0 Å². The fourth-order valence-electron chi connectivity index (χ4n) is 2.21. The Labute approximate surface area is 110 Å². The number of amides is 1. The van der Waals surface area contributed by atoms with Crippen LogP contribution in [-0.4, -0.2) is 34.5 Å². The van der Waals surface area contributed by atoms with Gasteiger partial charge in [-0.05, 0) is 43.5 Å². The average Bonchev–Trinajstić information content (AvgIpc) is 2.81. The van der Waals surface area contributed by atoms with Gasteiger partial charge in [0.1, 0.15) is 6.04 Å². The van der Waals surface area contributed by atoms with Gasteiger partial charge in [0.05, 0.1) is 0 Å². The quantitative estimate of drug-likeness (QED) is 0.895. The Balaban J connectivity index is 2.25. The smallest absolute Gasteiger partial charge is 0.326 e. The SMILES string of the molecule is Cc1cc(C(=O)N2CCC[C@@H]2C(=O)O)ccc1Cl. The van der Waals surface area contributed by atoms with Gasteiger partial charge in [-0.2, -0.15) is 0 Å². The zero-order valence-corrected chi connectivity index (χ0v) is 10.8. The van der Waals surface area contributed by atoms with Gasteiger partial charge in [-0.1, -0.05) is 11.6 Å². The summed E-state index contributed by atoms with van der Waals surface area (Å²) < 4.78 is 0. The summed E-state index contributed by atoms with van der Waals surface area (Å²) in [4.78, 5) is 24.7. The summed E-state index contributed by atoms with van der Waals surface area (Å²) in [7, 11) is 0. The number of hydrogen-bond acceptors (Lipinski definition) is 2. The predicted molar refractivity (Wildman–Crippen MR) is 67.9 cm³/mol. The number of aryl methyl sites for hydroxylation is 1. The lowest BCUT2D eigenvalue weighted by atomic mass is 10.1. The molecule has 0 saturated carbocycles. The second-order valence-corrected chi connectivity index (χ2v) is 4.87. The first-order valence-corrected chi connectivity index (χ1v) is 6.18. The number of likely N-dealkylation sites (tertiary alicyclic amines) is 1. The second kappa shape index (κ2) is 4.98. The number of nitrogens with zero attached hydrogens (tertiary/aromatic N) is 1. The van der Waals surface area contributed by atoms with Gasteiger partial charge in [-0.25, -0.2) is 4.79 Å². The van der Waals surface area contributed by atoms with Gasteiger partial charge in [-0.3, -0.25) is 4.79 Å². The van der Waals surface area contributed by atoms with Crippen molar-refractivity contribution in [3.8, 4) is 0 Å². The molecule has 1 saturated heterocycles. The van der Waals surface area contributed by atoms with E-state index >= 15 is 0 Å². The molecule has 1 aliphatic rings. The van der Waals surface area contributed by atoms with Gasteiger partial charge in [0.2, 0.25) is 0 Å². The molecule has 0 aromatic heterocycles. The monoisotopic (exact) mass is 267 g/mol. The fraction of sp³-hybridized carbons (Fsp3) is 0.385. The molecule has 1 heterocycles. The Morgan fingerprint density at radius 1 is 1.44 bits per heavy atom. The van der Waals surface area contributed by atoms with Crippen LogP contribution in [0.2, 0.25) is 5.02 Å². The van der Waals surface area contributed by atoms with E-state index in [4.69, 9.17) is 16.7 Å². The molecule has 1 aliphatic heterocycles. The fourth-order valence-corrected chi connectivity index (χ4v) is 2.33. The third-order valence-electron chi connectivity index (χ3n) is 3.20. The highest BCUT2D eigenvalue weighted by atomic mass is 35.5. The maximum Gasteiger partial charge on any atom is 0.326 e. The largest absolute Gasteiger partial charge is 0.480 e. The molecule has 1 aromatic rings. The Hall–Kier alpha value is -1.55. The van der Waals surface area contributed by atoms with E-state index in [1.165, 1.54) is 4.90 Å². The molecule has 18 heavy (non-hydrogen) atoms. The molecule has 0 aliphatic carbocycles. The van der Waals surface area contributed by atoms with Crippen LogP contribution in [0.5, 0.6) is 0 Å². The van der Waals surface area contributed by atoms with Crippen molar-refractivity contribution in [1.82, 2.24) is 4.90 Å². The minimum atomic E-state index is -0.938. The van der Waals surface area contributed by atoms with E-state index in [1.54, 1.807) is 18.2 Å². The summed E-state index contributed by atoms with van der Waals surface area (Å²) in [6, 6.07) is 4.29. The summed E-state index contributed by atoms with van der Waals surface area (Å²) in [6.07, 6.45) is 1.25. The van der Waals surface area contributed by atoms with Crippen LogP contribution in [0.4, 0.5) is 0 Å². The Kier molecular flexibility index (Phi) is 3.57. The van der Waals surface area contributed by atoms with Crippen LogP contribution in [0.1, 0.15) is 28.8 Å². The van der Waals surface area contributed by atoms with Gasteiger partial charge in [0.15, 0.2) is 0 Å². The molecule has 1 aromatic carbocycles. The Bertz CT molecular complexity index is 501. The lowest BCUT2D eigenvalue weighted by Crippen LogP contribution is -2.40. The summed E-state index contributed by atoms with van der Waals surface area (Å²) in [6.45, 7) is 2.31. The molecule has 0 unspecified atom stereocenters. The number of aliphatic carboxylic acids is 1. The van der Waals surface area contributed by atoms with E-state index in [-0.39, 0.29) is 5.91 Å². The van der Waals surface area contributed by atoms with E-state index < -0.39 is 12.0 Å². The molecule has 0 bridgehead atoms. The van der Waals surface area contributed by atoms with E-state index in [9.17, 15) is 9.59 Å². The van der Waals surface area contributed by atoms with Crippen molar-refractivity contribution in [3.63, 3.8) is 0 Å². The van der Waals surface area contributed by atoms with Crippen molar-refractivity contribution in [2.45, 2.75) is 25.8 Å². The minimum absolute atomic E-state index is 0.236. The molecule has 1 amide bonds. The molecule has 0 spiro atoms. The number of carbonyl (C=O) groups is 2. The number of carboxylic acid groups (broad SMARTS) is 1. The highest BCUT2D eigenvalue weighted by molar-refractivity contribution is 6.31. The van der Waals surface area contributed by atoms with Crippen molar-refractivity contribution in [3.05, 3.63) is 34.3 Å². The molecule has 0 radical (unpaired) electrons. The van der Waals surface area contributed by atoms with Crippen LogP contribution in [0.3, 0.4) is 0 Å². The van der Waals surface area contributed by atoms with Crippen molar-refractivity contribution < 1.29 is 14.7 Å². The lowest BCUT2D eigenvalue weighted by molar-refractivity contribution is -0.141. The molecule has 2 rings (SSSR count). The van der Waals surface area contributed by atoms with Crippen molar-refractivity contribution in [1.29, 1.82) is 0 Å².